The van der Waals surface area contributed by atoms with Gasteiger partial charge in [0.05, 0.1) is 25.4 Å². The Bertz CT molecular complexity index is 410. The van der Waals surface area contributed by atoms with Crippen LogP contribution >= 0.6 is 0 Å². The lowest BCUT2D eigenvalue weighted by Gasteiger charge is -2.10. The van der Waals surface area contributed by atoms with E-state index < -0.39 is 30.3 Å². The molecule has 1 aromatic rings. The first-order valence-corrected chi connectivity index (χ1v) is 4.28. The number of carbonyl (C=O) groups excluding carboxylic acids is 1. The minimum atomic E-state index is -2.87. The Morgan fingerprint density at radius 1 is 1.69 bits per heavy atom. The standard InChI is InChI=1S/C9H10F2N2O3/c1-16-6(15)2-4-7(12)5(14)3-13-8(4)9(10)11/h3,9,14H,2H2,1H3,(H2,12,13). The summed E-state index contributed by atoms with van der Waals surface area (Å²) in [5.74, 6) is -1.18. The quantitative estimate of drug-likeness (QED) is 0.760. The number of alkyl halides is 2. The highest BCUT2D eigenvalue weighted by molar-refractivity contribution is 5.76. The van der Waals surface area contributed by atoms with Gasteiger partial charge in [-0.2, -0.15) is 0 Å². The van der Waals surface area contributed by atoms with Gasteiger partial charge in [-0.15, -0.1) is 0 Å². The molecule has 0 bridgehead atoms. The highest BCUT2D eigenvalue weighted by Crippen LogP contribution is 2.31. The van der Waals surface area contributed by atoms with Crippen LogP contribution in [0.15, 0.2) is 6.20 Å². The Morgan fingerprint density at radius 3 is 2.81 bits per heavy atom. The second-order valence-corrected chi connectivity index (χ2v) is 2.97. The highest BCUT2D eigenvalue weighted by atomic mass is 19.3. The number of nitrogen functional groups attached to an aromatic ring is 1. The van der Waals surface area contributed by atoms with Crippen LogP contribution in [0.25, 0.3) is 0 Å². The Balaban J connectivity index is 3.20. The van der Waals surface area contributed by atoms with Gasteiger partial charge in [0.25, 0.3) is 6.43 Å². The molecule has 0 fully saturated rings. The van der Waals surface area contributed by atoms with Gasteiger partial charge in [0, 0.05) is 5.56 Å². The molecule has 0 aliphatic rings. The van der Waals surface area contributed by atoms with Gasteiger partial charge in [-0.3, -0.25) is 9.78 Å². The molecule has 1 heterocycles. The molecular weight excluding hydrogens is 222 g/mol. The number of hydrogen-bond acceptors (Lipinski definition) is 5. The third kappa shape index (κ3) is 2.36. The molecule has 0 aliphatic carbocycles. The largest absolute Gasteiger partial charge is 0.504 e. The number of nitrogens with two attached hydrogens (primary N) is 1. The van der Waals surface area contributed by atoms with Crippen LogP contribution in [-0.4, -0.2) is 23.2 Å². The van der Waals surface area contributed by atoms with Gasteiger partial charge in [0.15, 0.2) is 5.75 Å². The first-order valence-electron chi connectivity index (χ1n) is 4.28. The molecule has 0 atom stereocenters. The zero-order valence-corrected chi connectivity index (χ0v) is 8.41. The molecule has 0 unspecified atom stereocenters. The van der Waals surface area contributed by atoms with Gasteiger partial charge in [-0.1, -0.05) is 0 Å². The van der Waals surface area contributed by atoms with Crippen LogP contribution in [0, 0.1) is 0 Å². The maximum absolute atomic E-state index is 12.5. The number of nitrogens with zero attached hydrogens (tertiary/aromatic N) is 1. The number of anilines is 1. The van der Waals surface area contributed by atoms with Crippen molar-refractivity contribution in [3.63, 3.8) is 0 Å². The number of esters is 1. The summed E-state index contributed by atoms with van der Waals surface area (Å²) < 4.78 is 29.4. The molecule has 0 radical (unpaired) electrons. The Hall–Kier alpha value is -1.92. The van der Waals surface area contributed by atoms with Crippen molar-refractivity contribution in [1.29, 1.82) is 0 Å². The molecule has 88 valence electrons. The van der Waals surface area contributed by atoms with Crippen molar-refractivity contribution in [1.82, 2.24) is 4.98 Å². The number of aromatic nitrogens is 1. The average molecular weight is 232 g/mol. The van der Waals surface area contributed by atoms with Crippen molar-refractivity contribution in [2.24, 2.45) is 0 Å². The molecule has 0 saturated heterocycles. The molecule has 0 aromatic carbocycles. The van der Waals surface area contributed by atoms with Crippen LogP contribution in [-0.2, 0) is 16.0 Å². The molecule has 0 spiro atoms. The SMILES string of the molecule is COC(=O)Cc1c(C(F)F)ncc(O)c1N. The summed E-state index contributed by atoms with van der Waals surface area (Å²) in [6.07, 6.45) is -2.51. The summed E-state index contributed by atoms with van der Waals surface area (Å²) in [5.41, 5.74) is 4.28. The zero-order chi connectivity index (χ0) is 12.3. The number of aromatic hydroxyl groups is 1. The van der Waals surface area contributed by atoms with Crippen LogP contribution in [0.5, 0.6) is 5.75 Å². The fourth-order valence-electron chi connectivity index (χ4n) is 1.16. The lowest BCUT2D eigenvalue weighted by molar-refractivity contribution is -0.139. The van der Waals surface area contributed by atoms with E-state index in [1.807, 2.05) is 0 Å². The van der Waals surface area contributed by atoms with E-state index in [-0.39, 0.29) is 11.3 Å². The van der Waals surface area contributed by atoms with Crippen molar-refractivity contribution >= 4 is 11.7 Å². The summed E-state index contributed by atoms with van der Waals surface area (Å²) in [4.78, 5) is 14.3. The first kappa shape index (κ1) is 12.2. The maximum atomic E-state index is 12.5. The smallest absolute Gasteiger partial charge is 0.310 e. The fourth-order valence-corrected chi connectivity index (χ4v) is 1.16. The van der Waals surface area contributed by atoms with Gasteiger partial charge in [0.2, 0.25) is 0 Å². The van der Waals surface area contributed by atoms with Gasteiger partial charge < -0.3 is 15.6 Å². The predicted molar refractivity (Wildman–Crippen MR) is 51.0 cm³/mol. The normalized spacial score (nSPS) is 10.5. The number of carbonyl (C=O) groups is 1. The van der Waals surface area contributed by atoms with E-state index in [0.29, 0.717) is 0 Å². The van der Waals surface area contributed by atoms with Crippen molar-refractivity contribution in [2.45, 2.75) is 12.8 Å². The second kappa shape index (κ2) is 4.73. The van der Waals surface area contributed by atoms with Gasteiger partial charge in [-0.25, -0.2) is 8.78 Å². The molecule has 7 heteroatoms. The summed E-state index contributed by atoms with van der Waals surface area (Å²) in [7, 11) is 1.12. The Morgan fingerprint density at radius 2 is 2.31 bits per heavy atom. The molecule has 0 saturated carbocycles. The molecule has 3 N–H and O–H groups in total. The zero-order valence-electron chi connectivity index (χ0n) is 8.41. The minimum absolute atomic E-state index is 0.207. The van der Waals surface area contributed by atoms with E-state index in [2.05, 4.69) is 9.72 Å². The average Bonchev–Trinajstić information content (AvgIpc) is 2.24. The van der Waals surface area contributed by atoms with Gasteiger partial charge >= 0.3 is 5.97 Å². The van der Waals surface area contributed by atoms with Crippen LogP contribution < -0.4 is 5.73 Å². The van der Waals surface area contributed by atoms with Crippen molar-refractivity contribution in [3.8, 4) is 5.75 Å². The number of rotatable bonds is 3. The van der Waals surface area contributed by atoms with Crippen molar-refractivity contribution < 1.29 is 23.4 Å². The van der Waals surface area contributed by atoms with Crippen molar-refractivity contribution in [3.05, 3.63) is 17.5 Å². The van der Waals surface area contributed by atoms with Gasteiger partial charge in [0.1, 0.15) is 5.69 Å². The number of halogens is 2. The lowest BCUT2D eigenvalue weighted by Crippen LogP contribution is -2.11. The van der Waals surface area contributed by atoms with E-state index in [4.69, 9.17) is 5.73 Å². The molecule has 5 nitrogen and oxygen atoms in total. The number of pyridine rings is 1. The van der Waals surface area contributed by atoms with Gasteiger partial charge in [-0.05, 0) is 0 Å². The minimum Gasteiger partial charge on any atom is -0.504 e. The summed E-state index contributed by atoms with van der Waals surface area (Å²) in [5, 5.41) is 9.21. The predicted octanol–water partition coefficient (Wildman–Crippen LogP) is 1.02. The fraction of sp³-hybridized carbons (Fsp3) is 0.333. The number of hydrogen-bond donors (Lipinski definition) is 2. The molecule has 1 aromatic heterocycles. The third-order valence-corrected chi connectivity index (χ3v) is 1.99. The van der Waals surface area contributed by atoms with Crippen LogP contribution in [0.4, 0.5) is 14.5 Å². The number of ether oxygens (including phenoxy) is 1. The summed E-state index contributed by atoms with van der Waals surface area (Å²) >= 11 is 0. The summed E-state index contributed by atoms with van der Waals surface area (Å²) in [6, 6.07) is 0. The van der Waals surface area contributed by atoms with Crippen LogP contribution in [0.2, 0.25) is 0 Å². The third-order valence-electron chi connectivity index (χ3n) is 1.99. The van der Waals surface area contributed by atoms with E-state index in [1.165, 1.54) is 0 Å². The Kier molecular flexibility index (Phi) is 3.60. The lowest BCUT2D eigenvalue weighted by atomic mass is 10.1. The second-order valence-electron chi connectivity index (χ2n) is 2.97. The van der Waals surface area contributed by atoms with E-state index in [1.54, 1.807) is 0 Å². The monoisotopic (exact) mass is 232 g/mol. The molecule has 0 aliphatic heterocycles. The van der Waals surface area contributed by atoms with Crippen molar-refractivity contribution in [2.75, 3.05) is 12.8 Å². The van der Waals surface area contributed by atoms with E-state index in [0.717, 1.165) is 13.3 Å². The molecule has 16 heavy (non-hydrogen) atoms. The summed E-state index contributed by atoms with van der Waals surface area (Å²) in [6.45, 7) is 0. The molecular formula is C9H10F2N2O3. The Labute approximate surface area is 89.9 Å². The molecule has 0 amide bonds. The number of methoxy groups -OCH3 is 1. The maximum Gasteiger partial charge on any atom is 0.310 e. The molecule has 1 rings (SSSR count). The van der Waals surface area contributed by atoms with E-state index >= 15 is 0 Å². The topological polar surface area (TPSA) is 85.4 Å². The van der Waals surface area contributed by atoms with Crippen LogP contribution in [0.1, 0.15) is 17.7 Å². The van der Waals surface area contributed by atoms with E-state index in [9.17, 15) is 18.7 Å². The highest BCUT2D eigenvalue weighted by Gasteiger charge is 2.21. The first-order chi connectivity index (χ1) is 7.47. The van der Waals surface area contributed by atoms with Crippen LogP contribution in [0.3, 0.4) is 0 Å².